The van der Waals surface area contributed by atoms with Crippen LogP contribution in [0.1, 0.15) is 12.5 Å². The second-order valence-electron chi connectivity index (χ2n) is 3.63. The SMILES string of the molecule is COCC(C)CNc1cccc(C#N)c1. The first kappa shape index (κ1) is 11.5. The van der Waals surface area contributed by atoms with Crippen molar-refractivity contribution in [1.29, 1.82) is 5.26 Å². The van der Waals surface area contributed by atoms with Crippen molar-refractivity contribution in [3.8, 4) is 6.07 Å². The normalized spacial score (nSPS) is 11.8. The molecule has 0 heterocycles. The zero-order chi connectivity index (χ0) is 11.1. The van der Waals surface area contributed by atoms with Crippen LogP contribution in [-0.4, -0.2) is 20.3 Å². The number of hydrogen-bond acceptors (Lipinski definition) is 3. The van der Waals surface area contributed by atoms with Gasteiger partial charge >= 0.3 is 0 Å². The summed E-state index contributed by atoms with van der Waals surface area (Å²) in [4.78, 5) is 0. The summed E-state index contributed by atoms with van der Waals surface area (Å²) in [5, 5.41) is 12.0. The maximum atomic E-state index is 8.73. The number of nitriles is 1. The van der Waals surface area contributed by atoms with Gasteiger partial charge in [0.1, 0.15) is 0 Å². The highest BCUT2D eigenvalue weighted by Crippen LogP contribution is 2.10. The van der Waals surface area contributed by atoms with Gasteiger partial charge in [0, 0.05) is 19.3 Å². The molecule has 0 spiro atoms. The number of methoxy groups -OCH3 is 1. The molecular formula is C12H16N2O. The summed E-state index contributed by atoms with van der Waals surface area (Å²) in [6.45, 7) is 3.71. The average molecular weight is 204 g/mol. The lowest BCUT2D eigenvalue weighted by atomic mass is 10.2. The Morgan fingerprint density at radius 1 is 1.53 bits per heavy atom. The molecule has 1 N–H and O–H groups in total. The van der Waals surface area contributed by atoms with Crippen LogP contribution in [-0.2, 0) is 4.74 Å². The lowest BCUT2D eigenvalue weighted by Gasteiger charge is -2.12. The van der Waals surface area contributed by atoms with E-state index in [2.05, 4.69) is 18.3 Å². The number of anilines is 1. The third-order valence-electron chi connectivity index (χ3n) is 2.10. The quantitative estimate of drug-likeness (QED) is 0.800. The predicted molar refractivity (Wildman–Crippen MR) is 60.7 cm³/mol. The monoisotopic (exact) mass is 204 g/mol. The van der Waals surface area contributed by atoms with Crippen LogP contribution < -0.4 is 5.32 Å². The highest BCUT2D eigenvalue weighted by atomic mass is 16.5. The molecule has 0 saturated heterocycles. The zero-order valence-corrected chi connectivity index (χ0v) is 9.16. The topological polar surface area (TPSA) is 45.0 Å². The van der Waals surface area contributed by atoms with Gasteiger partial charge in [-0.25, -0.2) is 0 Å². The van der Waals surface area contributed by atoms with Crippen molar-refractivity contribution in [2.45, 2.75) is 6.92 Å². The molecule has 0 aliphatic heterocycles. The third-order valence-corrected chi connectivity index (χ3v) is 2.10. The first-order valence-electron chi connectivity index (χ1n) is 4.99. The molecule has 1 aromatic carbocycles. The third kappa shape index (κ3) is 4.01. The number of nitrogens with zero attached hydrogens (tertiary/aromatic N) is 1. The van der Waals surface area contributed by atoms with Gasteiger partial charge in [-0.2, -0.15) is 5.26 Å². The van der Waals surface area contributed by atoms with E-state index in [-0.39, 0.29) is 0 Å². The van der Waals surface area contributed by atoms with Gasteiger partial charge in [-0.1, -0.05) is 13.0 Å². The molecule has 1 rings (SSSR count). The highest BCUT2D eigenvalue weighted by molar-refractivity contribution is 5.49. The van der Waals surface area contributed by atoms with Crippen LogP contribution in [0.15, 0.2) is 24.3 Å². The van der Waals surface area contributed by atoms with Crippen molar-refractivity contribution in [2.24, 2.45) is 5.92 Å². The molecule has 1 aromatic rings. The Bertz CT molecular complexity index is 344. The molecule has 0 aliphatic rings. The van der Waals surface area contributed by atoms with E-state index in [1.54, 1.807) is 13.2 Å². The van der Waals surface area contributed by atoms with E-state index in [4.69, 9.17) is 10.00 Å². The summed E-state index contributed by atoms with van der Waals surface area (Å²) < 4.78 is 5.04. The second-order valence-corrected chi connectivity index (χ2v) is 3.63. The second kappa shape index (κ2) is 6.05. The molecule has 80 valence electrons. The molecule has 1 atom stereocenters. The van der Waals surface area contributed by atoms with Crippen molar-refractivity contribution in [3.63, 3.8) is 0 Å². The lowest BCUT2D eigenvalue weighted by Crippen LogP contribution is -2.15. The van der Waals surface area contributed by atoms with Crippen molar-refractivity contribution in [2.75, 3.05) is 25.6 Å². The molecule has 3 nitrogen and oxygen atoms in total. The molecule has 1 unspecified atom stereocenters. The fraction of sp³-hybridized carbons (Fsp3) is 0.417. The standard InChI is InChI=1S/C12H16N2O/c1-10(9-15-2)8-14-12-5-3-4-11(6-12)7-13/h3-6,10,14H,8-9H2,1-2H3. The summed E-state index contributed by atoms with van der Waals surface area (Å²) >= 11 is 0. The molecule has 3 heteroatoms. The van der Waals surface area contributed by atoms with Crippen LogP contribution in [0.4, 0.5) is 5.69 Å². The maximum absolute atomic E-state index is 8.73. The first-order valence-corrected chi connectivity index (χ1v) is 4.99. The molecule has 15 heavy (non-hydrogen) atoms. The van der Waals surface area contributed by atoms with E-state index >= 15 is 0 Å². The van der Waals surface area contributed by atoms with Crippen LogP contribution in [0.2, 0.25) is 0 Å². The van der Waals surface area contributed by atoms with Gasteiger partial charge < -0.3 is 10.1 Å². The van der Waals surface area contributed by atoms with Gasteiger partial charge in [-0.05, 0) is 24.1 Å². The van der Waals surface area contributed by atoms with E-state index in [1.807, 2.05) is 18.2 Å². The Morgan fingerprint density at radius 2 is 2.33 bits per heavy atom. The Labute approximate surface area is 90.7 Å². The van der Waals surface area contributed by atoms with E-state index < -0.39 is 0 Å². The average Bonchev–Trinajstić information content (AvgIpc) is 2.27. The molecule has 0 bridgehead atoms. The zero-order valence-electron chi connectivity index (χ0n) is 9.16. The molecule has 0 aliphatic carbocycles. The van der Waals surface area contributed by atoms with Gasteiger partial charge in [-0.3, -0.25) is 0 Å². The molecule has 0 aromatic heterocycles. The summed E-state index contributed by atoms with van der Waals surface area (Å²) in [6.07, 6.45) is 0. The van der Waals surface area contributed by atoms with Crippen LogP contribution in [0.25, 0.3) is 0 Å². The number of benzene rings is 1. The summed E-state index contributed by atoms with van der Waals surface area (Å²) in [5.41, 5.74) is 1.66. The van der Waals surface area contributed by atoms with Crippen molar-refractivity contribution < 1.29 is 4.74 Å². The van der Waals surface area contributed by atoms with Crippen molar-refractivity contribution in [3.05, 3.63) is 29.8 Å². The number of hydrogen-bond donors (Lipinski definition) is 1. The van der Waals surface area contributed by atoms with Crippen LogP contribution in [0, 0.1) is 17.2 Å². The van der Waals surface area contributed by atoms with Crippen LogP contribution >= 0.6 is 0 Å². The maximum Gasteiger partial charge on any atom is 0.0992 e. The molecule has 0 fully saturated rings. The van der Waals surface area contributed by atoms with Crippen LogP contribution in [0.3, 0.4) is 0 Å². The Hall–Kier alpha value is -1.53. The summed E-state index contributed by atoms with van der Waals surface area (Å²) in [6, 6.07) is 9.59. The van der Waals surface area contributed by atoms with Crippen molar-refractivity contribution >= 4 is 5.69 Å². The lowest BCUT2D eigenvalue weighted by molar-refractivity contribution is 0.164. The Morgan fingerprint density at radius 3 is 3.00 bits per heavy atom. The smallest absolute Gasteiger partial charge is 0.0992 e. The largest absolute Gasteiger partial charge is 0.385 e. The van der Waals surface area contributed by atoms with Gasteiger partial charge in [-0.15, -0.1) is 0 Å². The summed E-state index contributed by atoms with van der Waals surface area (Å²) in [7, 11) is 1.70. The minimum atomic E-state index is 0.459. The van der Waals surface area contributed by atoms with Gasteiger partial charge in [0.05, 0.1) is 18.2 Å². The van der Waals surface area contributed by atoms with E-state index in [0.717, 1.165) is 18.8 Å². The molecular weight excluding hydrogens is 188 g/mol. The van der Waals surface area contributed by atoms with E-state index in [9.17, 15) is 0 Å². The number of rotatable bonds is 5. The minimum absolute atomic E-state index is 0.459. The predicted octanol–water partition coefficient (Wildman–Crippen LogP) is 2.25. The van der Waals surface area contributed by atoms with E-state index in [1.165, 1.54) is 0 Å². The van der Waals surface area contributed by atoms with Gasteiger partial charge in [0.15, 0.2) is 0 Å². The Balaban J connectivity index is 2.47. The molecule has 0 radical (unpaired) electrons. The van der Waals surface area contributed by atoms with Gasteiger partial charge in [0.2, 0.25) is 0 Å². The first-order chi connectivity index (χ1) is 7.26. The minimum Gasteiger partial charge on any atom is -0.385 e. The van der Waals surface area contributed by atoms with Crippen LogP contribution in [0.5, 0.6) is 0 Å². The number of ether oxygens (including phenoxy) is 1. The van der Waals surface area contributed by atoms with Gasteiger partial charge in [0.25, 0.3) is 0 Å². The van der Waals surface area contributed by atoms with Crippen molar-refractivity contribution in [1.82, 2.24) is 0 Å². The fourth-order valence-electron chi connectivity index (χ4n) is 1.33. The highest BCUT2D eigenvalue weighted by Gasteiger charge is 2.01. The molecule has 0 amide bonds. The Kier molecular flexibility index (Phi) is 4.65. The number of nitrogens with one attached hydrogen (secondary N) is 1. The molecule has 0 saturated carbocycles. The van der Waals surface area contributed by atoms with E-state index in [0.29, 0.717) is 11.5 Å². The fourth-order valence-corrected chi connectivity index (χ4v) is 1.33. The summed E-state index contributed by atoms with van der Waals surface area (Å²) in [5.74, 6) is 0.459.